The number of rotatable bonds is 6. The highest BCUT2D eigenvalue weighted by Crippen LogP contribution is 2.25. The molecule has 0 radical (unpaired) electrons. The summed E-state index contributed by atoms with van der Waals surface area (Å²) in [6.07, 6.45) is 3.97. The standard InChI is InChI=1S/C21H27N3O4S/c1-15-4-5-16(2)19(12-15)28-20-7-6-17(13-22-20)14-23-21(25)18-8-10-24(11-9-18)29(3,26)27/h4-7,12-13,18H,8-11,14H2,1-3H3,(H,23,25). The predicted octanol–water partition coefficient (Wildman–Crippen LogP) is 2.78. The molecule has 0 atom stereocenters. The van der Waals surface area contributed by atoms with Gasteiger partial charge in [-0.05, 0) is 49.4 Å². The van der Waals surface area contributed by atoms with Crippen LogP contribution in [-0.4, -0.2) is 43.0 Å². The minimum atomic E-state index is -3.18. The highest BCUT2D eigenvalue weighted by atomic mass is 32.2. The number of pyridine rings is 1. The van der Waals surface area contributed by atoms with Gasteiger partial charge in [-0.25, -0.2) is 17.7 Å². The smallest absolute Gasteiger partial charge is 0.223 e. The van der Waals surface area contributed by atoms with Crippen molar-refractivity contribution in [1.29, 1.82) is 0 Å². The lowest BCUT2D eigenvalue weighted by Gasteiger charge is -2.29. The minimum Gasteiger partial charge on any atom is -0.439 e. The van der Waals surface area contributed by atoms with Gasteiger partial charge in [0, 0.05) is 37.8 Å². The van der Waals surface area contributed by atoms with Crippen molar-refractivity contribution < 1.29 is 17.9 Å². The van der Waals surface area contributed by atoms with E-state index in [2.05, 4.69) is 10.3 Å². The van der Waals surface area contributed by atoms with Gasteiger partial charge in [-0.3, -0.25) is 4.79 Å². The minimum absolute atomic E-state index is 0.0473. The molecule has 0 aliphatic carbocycles. The van der Waals surface area contributed by atoms with Crippen LogP contribution in [0.5, 0.6) is 11.6 Å². The maximum atomic E-state index is 12.4. The summed E-state index contributed by atoms with van der Waals surface area (Å²) in [4.78, 5) is 16.7. The Morgan fingerprint density at radius 2 is 1.93 bits per heavy atom. The highest BCUT2D eigenvalue weighted by molar-refractivity contribution is 7.88. The molecular formula is C21H27N3O4S. The molecule has 0 saturated carbocycles. The van der Waals surface area contributed by atoms with Crippen LogP contribution in [0.2, 0.25) is 0 Å². The number of ether oxygens (including phenoxy) is 1. The number of nitrogens with zero attached hydrogens (tertiary/aromatic N) is 2. The van der Waals surface area contributed by atoms with Crippen molar-refractivity contribution in [1.82, 2.24) is 14.6 Å². The van der Waals surface area contributed by atoms with Crippen molar-refractivity contribution in [2.75, 3.05) is 19.3 Å². The van der Waals surface area contributed by atoms with Crippen LogP contribution < -0.4 is 10.1 Å². The average Bonchev–Trinajstić information content (AvgIpc) is 2.69. The number of aryl methyl sites for hydroxylation is 2. The molecule has 1 aromatic heterocycles. The molecule has 1 aromatic carbocycles. The first-order valence-corrected chi connectivity index (χ1v) is 11.5. The van der Waals surface area contributed by atoms with Crippen LogP contribution in [0.1, 0.15) is 29.5 Å². The maximum absolute atomic E-state index is 12.4. The summed E-state index contributed by atoms with van der Waals surface area (Å²) in [6, 6.07) is 9.68. The van der Waals surface area contributed by atoms with E-state index in [0.717, 1.165) is 22.4 Å². The number of benzene rings is 1. The molecule has 156 valence electrons. The lowest BCUT2D eigenvalue weighted by atomic mass is 9.97. The highest BCUT2D eigenvalue weighted by Gasteiger charge is 2.28. The normalized spacial score (nSPS) is 15.8. The molecule has 3 rings (SSSR count). The lowest BCUT2D eigenvalue weighted by molar-refractivity contribution is -0.126. The number of sulfonamides is 1. The maximum Gasteiger partial charge on any atom is 0.223 e. The van der Waals surface area contributed by atoms with E-state index in [1.807, 2.05) is 38.1 Å². The van der Waals surface area contributed by atoms with Gasteiger partial charge in [0.15, 0.2) is 0 Å². The van der Waals surface area contributed by atoms with E-state index in [9.17, 15) is 13.2 Å². The van der Waals surface area contributed by atoms with Gasteiger partial charge in [0.1, 0.15) is 5.75 Å². The lowest BCUT2D eigenvalue weighted by Crippen LogP contribution is -2.42. The van der Waals surface area contributed by atoms with Crippen LogP contribution in [0.25, 0.3) is 0 Å². The Labute approximate surface area is 172 Å². The molecule has 2 heterocycles. The molecule has 1 N–H and O–H groups in total. The zero-order valence-corrected chi connectivity index (χ0v) is 17.8. The number of carbonyl (C=O) groups excluding carboxylic acids is 1. The van der Waals surface area contributed by atoms with Gasteiger partial charge in [-0.2, -0.15) is 0 Å². The summed E-state index contributed by atoms with van der Waals surface area (Å²) < 4.78 is 30.4. The van der Waals surface area contributed by atoms with Crippen molar-refractivity contribution in [3.63, 3.8) is 0 Å². The Balaban J connectivity index is 1.50. The molecule has 2 aromatic rings. The summed E-state index contributed by atoms with van der Waals surface area (Å²) in [5.41, 5.74) is 3.03. The summed E-state index contributed by atoms with van der Waals surface area (Å²) in [5, 5.41) is 2.92. The van der Waals surface area contributed by atoms with Crippen molar-refractivity contribution in [3.8, 4) is 11.6 Å². The quantitative estimate of drug-likeness (QED) is 0.781. The first-order chi connectivity index (χ1) is 13.7. The number of hydrogen-bond acceptors (Lipinski definition) is 5. The Kier molecular flexibility index (Phi) is 6.54. The predicted molar refractivity (Wildman–Crippen MR) is 111 cm³/mol. The fourth-order valence-electron chi connectivity index (χ4n) is 3.29. The van der Waals surface area contributed by atoms with Gasteiger partial charge in [-0.15, -0.1) is 0 Å². The fraction of sp³-hybridized carbons (Fsp3) is 0.429. The van der Waals surface area contributed by atoms with Gasteiger partial charge in [-0.1, -0.05) is 18.2 Å². The summed E-state index contributed by atoms with van der Waals surface area (Å²) in [7, 11) is -3.18. The van der Waals surface area contributed by atoms with E-state index in [4.69, 9.17) is 4.74 Å². The molecule has 1 saturated heterocycles. The first kappa shape index (κ1) is 21.3. The average molecular weight is 418 g/mol. The Morgan fingerprint density at radius 1 is 1.21 bits per heavy atom. The number of piperidine rings is 1. The molecule has 7 nitrogen and oxygen atoms in total. The Morgan fingerprint density at radius 3 is 2.55 bits per heavy atom. The Hall–Kier alpha value is -2.45. The molecule has 0 bridgehead atoms. The number of hydrogen-bond donors (Lipinski definition) is 1. The summed E-state index contributed by atoms with van der Waals surface area (Å²) >= 11 is 0. The van der Waals surface area contributed by atoms with E-state index in [0.29, 0.717) is 38.4 Å². The fourth-order valence-corrected chi connectivity index (χ4v) is 4.16. The third kappa shape index (κ3) is 5.77. The van der Waals surface area contributed by atoms with E-state index in [1.165, 1.54) is 10.6 Å². The van der Waals surface area contributed by atoms with Crippen molar-refractivity contribution >= 4 is 15.9 Å². The van der Waals surface area contributed by atoms with Crippen molar-refractivity contribution in [3.05, 3.63) is 53.2 Å². The van der Waals surface area contributed by atoms with Crippen molar-refractivity contribution in [2.24, 2.45) is 5.92 Å². The van der Waals surface area contributed by atoms with Gasteiger partial charge in [0.25, 0.3) is 0 Å². The van der Waals surface area contributed by atoms with Crippen LogP contribution in [0, 0.1) is 19.8 Å². The largest absolute Gasteiger partial charge is 0.439 e. The number of amides is 1. The van der Waals surface area contributed by atoms with Gasteiger partial charge in [0.2, 0.25) is 21.8 Å². The molecule has 1 aliphatic heterocycles. The van der Waals surface area contributed by atoms with Gasteiger partial charge >= 0.3 is 0 Å². The Bertz CT molecular complexity index is 966. The zero-order valence-electron chi connectivity index (χ0n) is 17.0. The number of nitrogens with one attached hydrogen (secondary N) is 1. The number of aromatic nitrogens is 1. The van der Waals surface area contributed by atoms with E-state index in [-0.39, 0.29) is 11.8 Å². The molecular weight excluding hydrogens is 390 g/mol. The van der Waals surface area contributed by atoms with E-state index < -0.39 is 10.0 Å². The third-order valence-electron chi connectivity index (χ3n) is 5.12. The topological polar surface area (TPSA) is 88.6 Å². The van der Waals surface area contributed by atoms with Crippen LogP contribution in [0.4, 0.5) is 0 Å². The monoisotopic (exact) mass is 417 g/mol. The molecule has 0 spiro atoms. The molecule has 1 aliphatic rings. The van der Waals surface area contributed by atoms with Crippen molar-refractivity contribution in [2.45, 2.75) is 33.2 Å². The SMILES string of the molecule is Cc1ccc(C)c(Oc2ccc(CNC(=O)C3CCN(S(C)(=O)=O)CC3)cn2)c1. The zero-order chi connectivity index (χ0) is 21.0. The van der Waals surface area contributed by atoms with Gasteiger partial charge in [0.05, 0.1) is 6.26 Å². The van der Waals surface area contributed by atoms with Crippen LogP contribution >= 0.6 is 0 Å². The van der Waals surface area contributed by atoms with Crippen LogP contribution in [-0.2, 0) is 21.4 Å². The second-order valence-corrected chi connectivity index (χ2v) is 9.51. The summed E-state index contributed by atoms with van der Waals surface area (Å²) in [6.45, 7) is 5.16. The third-order valence-corrected chi connectivity index (χ3v) is 6.42. The molecule has 8 heteroatoms. The van der Waals surface area contributed by atoms with Crippen LogP contribution in [0.15, 0.2) is 36.5 Å². The first-order valence-electron chi connectivity index (χ1n) is 9.65. The second-order valence-electron chi connectivity index (χ2n) is 7.53. The van der Waals surface area contributed by atoms with Gasteiger partial charge < -0.3 is 10.1 Å². The summed E-state index contributed by atoms with van der Waals surface area (Å²) in [5.74, 6) is 1.07. The van der Waals surface area contributed by atoms with E-state index >= 15 is 0 Å². The molecule has 1 fully saturated rings. The molecule has 29 heavy (non-hydrogen) atoms. The molecule has 0 unspecified atom stereocenters. The number of carbonyl (C=O) groups is 1. The molecule has 1 amide bonds. The van der Waals surface area contributed by atoms with Crippen LogP contribution in [0.3, 0.4) is 0 Å². The van der Waals surface area contributed by atoms with E-state index in [1.54, 1.807) is 12.3 Å². The second kappa shape index (κ2) is 8.92.